The van der Waals surface area contributed by atoms with Crippen LogP contribution in [0, 0.1) is 0 Å². The quantitative estimate of drug-likeness (QED) is 0.640. The van der Waals surface area contributed by atoms with E-state index in [0.717, 1.165) is 18.6 Å². The summed E-state index contributed by atoms with van der Waals surface area (Å²) in [4.78, 5) is 2.40. The standard InChI is InChI=1S/C10H19NOS/c1-11-5-3-10(4-6-11)8-9(12)2-7-13-10/h9,12H,2-8H2,1H3. The van der Waals surface area contributed by atoms with Gasteiger partial charge in [-0.25, -0.2) is 0 Å². The van der Waals surface area contributed by atoms with Gasteiger partial charge in [-0.3, -0.25) is 0 Å². The molecule has 2 fully saturated rings. The lowest BCUT2D eigenvalue weighted by atomic mass is 9.89. The molecule has 1 atom stereocenters. The van der Waals surface area contributed by atoms with Crippen molar-refractivity contribution in [2.24, 2.45) is 0 Å². The maximum absolute atomic E-state index is 9.67. The summed E-state index contributed by atoms with van der Waals surface area (Å²) >= 11 is 2.11. The van der Waals surface area contributed by atoms with E-state index in [0.29, 0.717) is 4.75 Å². The van der Waals surface area contributed by atoms with Gasteiger partial charge in [-0.05, 0) is 51.6 Å². The van der Waals surface area contributed by atoms with Crippen LogP contribution in [0.5, 0.6) is 0 Å². The van der Waals surface area contributed by atoms with Gasteiger partial charge in [0.1, 0.15) is 0 Å². The third-order valence-electron chi connectivity index (χ3n) is 3.37. The number of nitrogens with zero attached hydrogens (tertiary/aromatic N) is 1. The van der Waals surface area contributed by atoms with Crippen LogP contribution in [0.1, 0.15) is 25.7 Å². The summed E-state index contributed by atoms with van der Waals surface area (Å²) in [5.74, 6) is 1.16. The van der Waals surface area contributed by atoms with E-state index in [4.69, 9.17) is 0 Å². The van der Waals surface area contributed by atoms with Crippen molar-refractivity contribution in [1.29, 1.82) is 0 Å². The first-order chi connectivity index (χ1) is 6.20. The highest BCUT2D eigenvalue weighted by Gasteiger charge is 2.38. The maximum atomic E-state index is 9.67. The number of hydrogen-bond donors (Lipinski definition) is 1. The number of thioether (sulfide) groups is 1. The van der Waals surface area contributed by atoms with Crippen LogP contribution < -0.4 is 0 Å². The van der Waals surface area contributed by atoms with Gasteiger partial charge >= 0.3 is 0 Å². The number of piperidine rings is 1. The summed E-state index contributed by atoms with van der Waals surface area (Å²) in [5.41, 5.74) is 0. The minimum absolute atomic E-state index is 0.0235. The van der Waals surface area contributed by atoms with Crippen LogP contribution in [0.2, 0.25) is 0 Å². The molecule has 0 bridgehead atoms. The molecule has 1 N–H and O–H groups in total. The Labute approximate surface area is 84.7 Å². The third kappa shape index (κ3) is 2.20. The second-order valence-corrected chi connectivity index (χ2v) is 6.04. The fraction of sp³-hybridized carbons (Fsp3) is 1.00. The van der Waals surface area contributed by atoms with Crippen LogP contribution in [0.25, 0.3) is 0 Å². The van der Waals surface area contributed by atoms with Gasteiger partial charge in [-0.15, -0.1) is 0 Å². The Morgan fingerprint density at radius 2 is 2.08 bits per heavy atom. The molecule has 0 aromatic heterocycles. The van der Waals surface area contributed by atoms with E-state index in [2.05, 4.69) is 23.7 Å². The molecule has 2 saturated heterocycles. The largest absolute Gasteiger partial charge is 0.393 e. The zero-order valence-corrected chi connectivity index (χ0v) is 9.15. The molecule has 2 nitrogen and oxygen atoms in total. The first-order valence-electron chi connectivity index (χ1n) is 5.21. The summed E-state index contributed by atoms with van der Waals surface area (Å²) in [6.07, 6.45) is 4.55. The molecular weight excluding hydrogens is 182 g/mol. The van der Waals surface area contributed by atoms with E-state index in [1.165, 1.54) is 25.9 Å². The van der Waals surface area contributed by atoms with E-state index in [1.54, 1.807) is 0 Å². The lowest BCUT2D eigenvalue weighted by molar-refractivity contribution is 0.119. The summed E-state index contributed by atoms with van der Waals surface area (Å²) < 4.78 is 0.435. The van der Waals surface area contributed by atoms with E-state index in [9.17, 15) is 5.11 Å². The molecule has 2 aliphatic heterocycles. The monoisotopic (exact) mass is 201 g/mol. The van der Waals surface area contributed by atoms with Crippen molar-refractivity contribution in [2.45, 2.75) is 36.5 Å². The highest BCUT2D eigenvalue weighted by Crippen LogP contribution is 2.43. The SMILES string of the molecule is CN1CCC2(CC1)CC(O)CCS2. The van der Waals surface area contributed by atoms with Gasteiger partial charge in [0.05, 0.1) is 6.10 Å². The molecule has 2 rings (SSSR count). The smallest absolute Gasteiger partial charge is 0.0561 e. The predicted molar refractivity (Wildman–Crippen MR) is 57.2 cm³/mol. The van der Waals surface area contributed by atoms with Gasteiger partial charge in [-0.1, -0.05) is 0 Å². The maximum Gasteiger partial charge on any atom is 0.0561 e. The summed E-state index contributed by atoms with van der Waals surface area (Å²) in [6.45, 7) is 2.42. The fourth-order valence-electron chi connectivity index (χ4n) is 2.38. The van der Waals surface area contributed by atoms with Crippen molar-refractivity contribution >= 4 is 11.8 Å². The first kappa shape index (κ1) is 9.81. The van der Waals surface area contributed by atoms with Gasteiger partial charge in [-0.2, -0.15) is 11.8 Å². The fourth-order valence-corrected chi connectivity index (χ4v) is 3.98. The van der Waals surface area contributed by atoms with Crippen LogP contribution in [-0.4, -0.2) is 46.7 Å². The number of likely N-dealkylation sites (tertiary alicyclic amines) is 1. The molecule has 0 aromatic carbocycles. The van der Waals surface area contributed by atoms with Crippen molar-refractivity contribution in [3.63, 3.8) is 0 Å². The summed E-state index contributed by atoms with van der Waals surface area (Å²) in [6, 6.07) is 0. The molecule has 0 radical (unpaired) electrons. The molecule has 76 valence electrons. The van der Waals surface area contributed by atoms with Gasteiger partial charge in [0.25, 0.3) is 0 Å². The zero-order valence-electron chi connectivity index (χ0n) is 8.33. The van der Waals surface area contributed by atoms with Crippen LogP contribution >= 0.6 is 11.8 Å². The summed E-state index contributed by atoms with van der Waals surface area (Å²) in [7, 11) is 2.19. The number of hydrogen-bond acceptors (Lipinski definition) is 3. The normalized spacial score (nSPS) is 35.1. The number of rotatable bonds is 0. The Hall–Kier alpha value is 0.270. The number of aliphatic hydroxyl groups excluding tert-OH is 1. The van der Waals surface area contributed by atoms with Gasteiger partial charge in [0.15, 0.2) is 0 Å². The van der Waals surface area contributed by atoms with Crippen molar-refractivity contribution in [3.8, 4) is 0 Å². The average Bonchev–Trinajstić information content (AvgIpc) is 2.11. The molecule has 1 unspecified atom stereocenters. The molecule has 2 heterocycles. The Morgan fingerprint density at radius 3 is 2.69 bits per heavy atom. The second-order valence-electron chi connectivity index (χ2n) is 4.48. The Morgan fingerprint density at radius 1 is 1.38 bits per heavy atom. The van der Waals surface area contributed by atoms with E-state index in [1.807, 2.05) is 0 Å². The van der Waals surface area contributed by atoms with Crippen LogP contribution in [-0.2, 0) is 0 Å². The lowest BCUT2D eigenvalue weighted by Gasteiger charge is -2.44. The minimum atomic E-state index is -0.0235. The molecule has 1 spiro atoms. The van der Waals surface area contributed by atoms with Crippen molar-refractivity contribution in [2.75, 3.05) is 25.9 Å². The Balaban J connectivity index is 1.95. The molecule has 2 aliphatic rings. The van der Waals surface area contributed by atoms with Crippen LogP contribution in [0.3, 0.4) is 0 Å². The molecular formula is C10H19NOS. The molecule has 0 aromatic rings. The minimum Gasteiger partial charge on any atom is -0.393 e. The van der Waals surface area contributed by atoms with Gasteiger partial charge in [0.2, 0.25) is 0 Å². The lowest BCUT2D eigenvalue weighted by Crippen LogP contribution is -2.44. The van der Waals surface area contributed by atoms with Crippen molar-refractivity contribution in [1.82, 2.24) is 4.90 Å². The Bertz CT molecular complexity index is 178. The zero-order chi connectivity index (χ0) is 9.31. The molecule has 0 aliphatic carbocycles. The molecule has 3 heteroatoms. The van der Waals surface area contributed by atoms with E-state index in [-0.39, 0.29) is 6.10 Å². The van der Waals surface area contributed by atoms with Crippen molar-refractivity contribution < 1.29 is 5.11 Å². The average molecular weight is 201 g/mol. The van der Waals surface area contributed by atoms with Crippen LogP contribution in [0.4, 0.5) is 0 Å². The predicted octanol–water partition coefficient (Wildman–Crippen LogP) is 1.34. The van der Waals surface area contributed by atoms with E-state index >= 15 is 0 Å². The second kappa shape index (κ2) is 3.79. The Kier molecular flexibility index (Phi) is 2.86. The topological polar surface area (TPSA) is 23.5 Å². The van der Waals surface area contributed by atoms with E-state index < -0.39 is 0 Å². The highest BCUT2D eigenvalue weighted by atomic mass is 32.2. The number of aliphatic hydroxyl groups is 1. The van der Waals surface area contributed by atoms with Gasteiger partial charge < -0.3 is 10.0 Å². The van der Waals surface area contributed by atoms with Gasteiger partial charge in [0, 0.05) is 4.75 Å². The third-order valence-corrected chi connectivity index (χ3v) is 4.99. The molecule has 13 heavy (non-hydrogen) atoms. The molecule has 0 saturated carbocycles. The summed E-state index contributed by atoms with van der Waals surface area (Å²) in [5, 5.41) is 9.67. The van der Waals surface area contributed by atoms with Crippen molar-refractivity contribution in [3.05, 3.63) is 0 Å². The molecule has 0 amide bonds. The highest BCUT2D eigenvalue weighted by molar-refractivity contribution is 8.00. The van der Waals surface area contributed by atoms with Crippen LogP contribution in [0.15, 0.2) is 0 Å². The first-order valence-corrected chi connectivity index (χ1v) is 6.19.